The second-order valence-corrected chi connectivity index (χ2v) is 4.34. The Morgan fingerprint density at radius 2 is 2.00 bits per heavy atom. The number of carboxylic acids is 1. The van der Waals surface area contributed by atoms with E-state index >= 15 is 0 Å². The van der Waals surface area contributed by atoms with Crippen LogP contribution < -0.4 is 5.56 Å². The largest absolute Gasteiger partial charge is 0.478 e. The summed E-state index contributed by atoms with van der Waals surface area (Å²) in [6.45, 7) is 3.25. The Labute approximate surface area is 102 Å². The lowest BCUT2D eigenvalue weighted by molar-refractivity contribution is 0.0698. The molecule has 0 fully saturated rings. The lowest BCUT2D eigenvalue weighted by atomic mass is 10.0. The van der Waals surface area contributed by atoms with Crippen LogP contribution in [0.4, 0.5) is 0 Å². The minimum atomic E-state index is -1.12. The summed E-state index contributed by atoms with van der Waals surface area (Å²) in [5, 5.41) is 10.1. The van der Waals surface area contributed by atoms with Gasteiger partial charge in [-0.2, -0.15) is 0 Å². The fraction of sp³-hybridized carbons (Fsp3) is 0.167. The van der Waals surface area contributed by atoms with E-state index in [-0.39, 0.29) is 16.7 Å². The molecule has 0 spiro atoms. The standard InChI is InChI=1S/C12H10ClNO3/c1-5-3-7(13)4-8-9(12(16)17)6(2)11(15)14-10(5)8/h3-4H,1-2H3,(H,14,15)(H,16,17). The Morgan fingerprint density at radius 3 is 2.59 bits per heavy atom. The summed E-state index contributed by atoms with van der Waals surface area (Å²) in [5.74, 6) is -1.12. The lowest BCUT2D eigenvalue weighted by Gasteiger charge is -2.08. The van der Waals surface area contributed by atoms with Crippen LogP contribution in [0.2, 0.25) is 5.02 Å². The average molecular weight is 252 g/mol. The Bertz CT molecular complexity index is 688. The van der Waals surface area contributed by atoms with Gasteiger partial charge in [-0.05, 0) is 31.5 Å². The van der Waals surface area contributed by atoms with Crippen molar-refractivity contribution in [3.8, 4) is 0 Å². The molecular formula is C12H10ClNO3. The number of H-pyrrole nitrogens is 1. The second-order valence-electron chi connectivity index (χ2n) is 3.90. The summed E-state index contributed by atoms with van der Waals surface area (Å²) in [4.78, 5) is 25.5. The molecule has 1 heterocycles. The van der Waals surface area contributed by atoms with Crippen LogP contribution in [0, 0.1) is 13.8 Å². The number of rotatable bonds is 1. The fourth-order valence-electron chi connectivity index (χ4n) is 1.90. The highest BCUT2D eigenvalue weighted by Gasteiger charge is 2.16. The molecule has 0 aliphatic rings. The molecule has 0 bridgehead atoms. The SMILES string of the molecule is Cc1c(C(=O)O)c2cc(Cl)cc(C)c2[nH]c1=O. The molecular weight excluding hydrogens is 242 g/mol. The van der Waals surface area contributed by atoms with E-state index in [0.29, 0.717) is 15.9 Å². The minimum absolute atomic E-state index is 0.00866. The molecule has 0 saturated heterocycles. The molecule has 4 nitrogen and oxygen atoms in total. The van der Waals surface area contributed by atoms with Crippen LogP contribution in [0.1, 0.15) is 21.5 Å². The number of hydrogen-bond donors (Lipinski definition) is 2. The van der Waals surface area contributed by atoms with Gasteiger partial charge in [0.25, 0.3) is 5.56 Å². The topological polar surface area (TPSA) is 70.2 Å². The van der Waals surface area contributed by atoms with Crippen molar-refractivity contribution < 1.29 is 9.90 Å². The van der Waals surface area contributed by atoms with Gasteiger partial charge in [0.1, 0.15) is 0 Å². The fourth-order valence-corrected chi connectivity index (χ4v) is 2.18. The summed E-state index contributed by atoms with van der Waals surface area (Å²) >= 11 is 5.91. The number of fused-ring (bicyclic) bond motifs is 1. The van der Waals surface area contributed by atoms with Gasteiger partial charge in [0.15, 0.2) is 0 Å². The molecule has 88 valence electrons. The molecule has 0 unspecified atom stereocenters. The van der Waals surface area contributed by atoms with Crippen molar-refractivity contribution in [3.63, 3.8) is 0 Å². The maximum absolute atomic E-state index is 11.6. The number of hydrogen-bond acceptors (Lipinski definition) is 2. The molecule has 2 aromatic rings. The first-order valence-electron chi connectivity index (χ1n) is 4.98. The molecule has 2 rings (SSSR count). The van der Waals surface area contributed by atoms with Gasteiger partial charge >= 0.3 is 5.97 Å². The first-order chi connectivity index (χ1) is 7.91. The summed E-state index contributed by atoms with van der Waals surface area (Å²) in [6, 6.07) is 3.23. The van der Waals surface area contributed by atoms with Crippen molar-refractivity contribution in [3.05, 3.63) is 44.2 Å². The zero-order valence-electron chi connectivity index (χ0n) is 9.30. The molecule has 17 heavy (non-hydrogen) atoms. The zero-order chi connectivity index (χ0) is 12.7. The zero-order valence-corrected chi connectivity index (χ0v) is 10.1. The van der Waals surface area contributed by atoms with E-state index in [0.717, 1.165) is 5.56 Å². The van der Waals surface area contributed by atoms with E-state index in [9.17, 15) is 14.7 Å². The quantitative estimate of drug-likeness (QED) is 0.818. The maximum Gasteiger partial charge on any atom is 0.336 e. The van der Waals surface area contributed by atoms with E-state index in [4.69, 9.17) is 11.6 Å². The van der Waals surface area contributed by atoms with Gasteiger partial charge in [0.2, 0.25) is 0 Å². The number of carboxylic acid groups (broad SMARTS) is 1. The normalized spacial score (nSPS) is 10.8. The third kappa shape index (κ3) is 1.80. The van der Waals surface area contributed by atoms with Crippen molar-refractivity contribution in [1.29, 1.82) is 0 Å². The van der Waals surface area contributed by atoms with Crippen LogP contribution in [0.3, 0.4) is 0 Å². The van der Waals surface area contributed by atoms with E-state index in [1.54, 1.807) is 19.1 Å². The Morgan fingerprint density at radius 1 is 1.35 bits per heavy atom. The molecule has 0 atom stereocenters. The van der Waals surface area contributed by atoms with Crippen molar-refractivity contribution in [2.45, 2.75) is 13.8 Å². The predicted octanol–water partition coefficient (Wildman–Crippen LogP) is 2.50. The number of aromatic nitrogens is 1. The van der Waals surface area contributed by atoms with Crippen LogP contribution in [0.25, 0.3) is 10.9 Å². The minimum Gasteiger partial charge on any atom is -0.478 e. The van der Waals surface area contributed by atoms with Gasteiger partial charge < -0.3 is 10.1 Å². The lowest BCUT2D eigenvalue weighted by Crippen LogP contribution is -2.16. The smallest absolute Gasteiger partial charge is 0.336 e. The summed E-state index contributed by atoms with van der Waals surface area (Å²) < 4.78 is 0. The highest BCUT2D eigenvalue weighted by molar-refractivity contribution is 6.31. The third-order valence-corrected chi connectivity index (χ3v) is 2.96. The molecule has 0 radical (unpaired) electrons. The van der Waals surface area contributed by atoms with Gasteiger partial charge in [-0.15, -0.1) is 0 Å². The average Bonchev–Trinajstić information content (AvgIpc) is 2.20. The highest BCUT2D eigenvalue weighted by atomic mass is 35.5. The maximum atomic E-state index is 11.6. The van der Waals surface area contributed by atoms with Gasteiger partial charge in [-0.25, -0.2) is 4.79 Å². The molecule has 2 N–H and O–H groups in total. The van der Waals surface area contributed by atoms with E-state index < -0.39 is 5.97 Å². The number of benzene rings is 1. The van der Waals surface area contributed by atoms with Crippen LogP contribution in [0.15, 0.2) is 16.9 Å². The Balaban J connectivity index is 3.09. The molecule has 1 aromatic heterocycles. The van der Waals surface area contributed by atoms with Crippen molar-refractivity contribution in [2.75, 3.05) is 0 Å². The number of aryl methyl sites for hydroxylation is 1. The molecule has 0 amide bonds. The monoisotopic (exact) mass is 251 g/mol. The number of aromatic amines is 1. The van der Waals surface area contributed by atoms with Gasteiger partial charge in [0, 0.05) is 16.0 Å². The molecule has 5 heteroatoms. The van der Waals surface area contributed by atoms with Crippen molar-refractivity contribution in [1.82, 2.24) is 4.98 Å². The van der Waals surface area contributed by atoms with Crippen LogP contribution in [0.5, 0.6) is 0 Å². The first kappa shape index (κ1) is 11.7. The van der Waals surface area contributed by atoms with Gasteiger partial charge in [-0.3, -0.25) is 4.79 Å². The van der Waals surface area contributed by atoms with Gasteiger partial charge in [0.05, 0.1) is 11.1 Å². The summed E-state index contributed by atoms with van der Waals surface area (Å²) in [5.41, 5.74) is 1.07. The van der Waals surface area contributed by atoms with Crippen molar-refractivity contribution in [2.24, 2.45) is 0 Å². The van der Waals surface area contributed by atoms with E-state index in [2.05, 4.69) is 4.98 Å². The number of pyridine rings is 1. The van der Waals surface area contributed by atoms with Crippen LogP contribution >= 0.6 is 11.6 Å². The van der Waals surface area contributed by atoms with Crippen molar-refractivity contribution >= 4 is 28.5 Å². The number of carbonyl (C=O) groups is 1. The van der Waals surface area contributed by atoms with E-state index in [1.165, 1.54) is 6.92 Å². The van der Waals surface area contributed by atoms with Crippen LogP contribution in [-0.2, 0) is 0 Å². The Kier molecular flexibility index (Phi) is 2.67. The van der Waals surface area contributed by atoms with Crippen LogP contribution in [-0.4, -0.2) is 16.1 Å². The molecule has 0 aliphatic heterocycles. The second kappa shape index (κ2) is 3.89. The number of halogens is 1. The predicted molar refractivity (Wildman–Crippen MR) is 66.0 cm³/mol. The molecule has 1 aromatic carbocycles. The van der Waals surface area contributed by atoms with E-state index in [1.807, 2.05) is 0 Å². The molecule has 0 aliphatic carbocycles. The number of aromatic carboxylic acids is 1. The summed E-state index contributed by atoms with van der Waals surface area (Å²) in [6.07, 6.45) is 0. The Hall–Kier alpha value is -1.81. The first-order valence-corrected chi connectivity index (χ1v) is 5.35. The molecule has 0 saturated carbocycles. The van der Waals surface area contributed by atoms with Gasteiger partial charge in [-0.1, -0.05) is 11.6 Å². The third-order valence-electron chi connectivity index (χ3n) is 2.74. The summed E-state index contributed by atoms with van der Waals surface area (Å²) in [7, 11) is 0. The highest BCUT2D eigenvalue weighted by Crippen LogP contribution is 2.25. The number of nitrogens with one attached hydrogen (secondary N) is 1.